The Bertz CT molecular complexity index is 690. The first-order valence-corrected chi connectivity index (χ1v) is 6.25. The zero-order valence-corrected chi connectivity index (χ0v) is 11.3. The monoisotopic (exact) mass is 288 g/mol. The van der Waals surface area contributed by atoms with Gasteiger partial charge in [-0.2, -0.15) is 5.26 Å². The summed E-state index contributed by atoms with van der Waals surface area (Å²) in [5.74, 6) is 0.0841. The molecule has 1 heterocycles. The largest absolute Gasteiger partial charge is 0.331 e. The number of aryl methyl sites for hydroxylation is 1. The molecule has 0 unspecified atom stereocenters. The molecule has 0 atom stereocenters. The third-order valence-corrected chi connectivity index (χ3v) is 2.79. The Balaban J connectivity index is 1.98. The summed E-state index contributed by atoms with van der Waals surface area (Å²) in [6.07, 6.45) is 1.57. The van der Waals surface area contributed by atoms with Crippen molar-refractivity contribution in [3.63, 3.8) is 0 Å². The first-order chi connectivity index (χ1) is 10.1. The van der Waals surface area contributed by atoms with Crippen molar-refractivity contribution < 1.29 is 9.18 Å². The quantitative estimate of drug-likeness (QED) is 0.893. The Morgan fingerprint density at radius 2 is 2.33 bits per heavy atom. The second kappa shape index (κ2) is 6.47. The van der Waals surface area contributed by atoms with Crippen molar-refractivity contribution in [3.05, 3.63) is 41.7 Å². The molecule has 0 aliphatic heterocycles. The lowest BCUT2D eigenvalue weighted by Gasteiger charge is -2.09. The van der Waals surface area contributed by atoms with Crippen LogP contribution in [0.5, 0.6) is 0 Å². The molecule has 0 radical (unpaired) electrons. The summed E-state index contributed by atoms with van der Waals surface area (Å²) < 4.78 is 14.8. The number of hydrogen-bond acceptors (Lipinski definition) is 4. The highest BCUT2D eigenvalue weighted by Gasteiger charge is 2.09. The van der Waals surface area contributed by atoms with Gasteiger partial charge in [0, 0.05) is 6.54 Å². The van der Waals surface area contributed by atoms with Gasteiger partial charge < -0.3 is 15.2 Å². The van der Waals surface area contributed by atoms with Gasteiger partial charge in [-0.15, -0.1) is 10.2 Å². The van der Waals surface area contributed by atoms with E-state index in [2.05, 4.69) is 20.8 Å². The minimum absolute atomic E-state index is 0.0573. The number of hydrogen-bond donors (Lipinski definition) is 2. The maximum atomic E-state index is 13.0. The van der Waals surface area contributed by atoms with E-state index < -0.39 is 11.8 Å². The van der Waals surface area contributed by atoms with Crippen LogP contribution in [-0.4, -0.2) is 20.8 Å². The summed E-state index contributed by atoms with van der Waals surface area (Å²) >= 11 is 0. The Morgan fingerprint density at radius 3 is 3.05 bits per heavy atom. The van der Waals surface area contributed by atoms with Gasteiger partial charge in [-0.05, 0) is 25.1 Å². The lowest BCUT2D eigenvalue weighted by atomic mass is 10.2. The number of nitrogens with zero attached hydrogens (tertiary/aromatic N) is 4. The summed E-state index contributed by atoms with van der Waals surface area (Å²) in [6.45, 7) is 2.83. The number of carbonyl (C=O) groups is 1. The van der Waals surface area contributed by atoms with Crippen LogP contribution < -0.4 is 10.6 Å². The summed E-state index contributed by atoms with van der Waals surface area (Å²) in [5, 5.41) is 21.6. The van der Waals surface area contributed by atoms with Gasteiger partial charge in [-0.3, -0.25) is 0 Å². The number of carbonyl (C=O) groups excluding carboxylic acids is 1. The number of nitrogens with one attached hydrogen (secondary N) is 2. The molecule has 1 aromatic heterocycles. The van der Waals surface area contributed by atoms with Gasteiger partial charge in [0.2, 0.25) is 0 Å². The molecule has 2 rings (SSSR count). The molecule has 0 bridgehead atoms. The van der Waals surface area contributed by atoms with Crippen LogP contribution in [0.15, 0.2) is 24.5 Å². The fourth-order valence-corrected chi connectivity index (χ4v) is 1.72. The van der Waals surface area contributed by atoms with Crippen molar-refractivity contribution >= 4 is 11.7 Å². The van der Waals surface area contributed by atoms with Crippen molar-refractivity contribution in [1.29, 1.82) is 5.26 Å². The van der Waals surface area contributed by atoms with Crippen LogP contribution >= 0.6 is 0 Å². The zero-order chi connectivity index (χ0) is 15.2. The highest BCUT2D eigenvalue weighted by atomic mass is 19.1. The van der Waals surface area contributed by atoms with E-state index in [1.165, 1.54) is 12.1 Å². The predicted octanol–water partition coefficient (Wildman–Crippen LogP) is 1.63. The maximum Gasteiger partial charge on any atom is 0.319 e. The van der Waals surface area contributed by atoms with Crippen LogP contribution in [0.4, 0.5) is 14.9 Å². The molecule has 0 fully saturated rings. The van der Waals surface area contributed by atoms with Crippen LogP contribution in [0.1, 0.15) is 18.3 Å². The molecule has 2 amide bonds. The van der Waals surface area contributed by atoms with Crippen LogP contribution in [0.3, 0.4) is 0 Å². The minimum atomic E-state index is -0.534. The van der Waals surface area contributed by atoms with E-state index in [1.54, 1.807) is 10.9 Å². The van der Waals surface area contributed by atoms with Crippen molar-refractivity contribution in [2.24, 2.45) is 0 Å². The number of amides is 2. The van der Waals surface area contributed by atoms with E-state index in [0.29, 0.717) is 12.4 Å². The number of halogens is 1. The van der Waals surface area contributed by atoms with Gasteiger partial charge in [0.15, 0.2) is 5.82 Å². The second-order valence-electron chi connectivity index (χ2n) is 4.14. The number of benzene rings is 1. The summed E-state index contributed by atoms with van der Waals surface area (Å²) in [7, 11) is 0. The predicted molar refractivity (Wildman–Crippen MR) is 72.7 cm³/mol. The summed E-state index contributed by atoms with van der Waals surface area (Å²) in [6, 6.07) is 4.88. The lowest BCUT2D eigenvalue weighted by molar-refractivity contribution is 0.251. The number of nitriles is 1. The number of urea groups is 1. The minimum Gasteiger partial charge on any atom is -0.331 e. The molecule has 0 spiro atoms. The van der Waals surface area contributed by atoms with Crippen LogP contribution in [0.25, 0.3) is 0 Å². The van der Waals surface area contributed by atoms with Gasteiger partial charge in [0.05, 0.1) is 17.8 Å². The Morgan fingerprint density at radius 1 is 1.52 bits per heavy atom. The van der Waals surface area contributed by atoms with Crippen LogP contribution in [0, 0.1) is 17.1 Å². The van der Waals surface area contributed by atoms with E-state index in [9.17, 15) is 9.18 Å². The molecule has 0 saturated heterocycles. The summed E-state index contributed by atoms with van der Waals surface area (Å²) in [4.78, 5) is 11.8. The lowest BCUT2D eigenvalue weighted by Crippen LogP contribution is -2.29. The van der Waals surface area contributed by atoms with Crippen molar-refractivity contribution in [2.75, 3.05) is 5.32 Å². The third-order valence-electron chi connectivity index (χ3n) is 2.79. The molecular weight excluding hydrogens is 275 g/mol. The molecule has 21 heavy (non-hydrogen) atoms. The van der Waals surface area contributed by atoms with Crippen molar-refractivity contribution in [3.8, 4) is 6.07 Å². The van der Waals surface area contributed by atoms with Crippen LogP contribution in [-0.2, 0) is 13.1 Å². The highest BCUT2D eigenvalue weighted by molar-refractivity contribution is 5.90. The van der Waals surface area contributed by atoms with Gasteiger partial charge in [-0.1, -0.05) is 0 Å². The van der Waals surface area contributed by atoms with Gasteiger partial charge in [0.1, 0.15) is 18.2 Å². The van der Waals surface area contributed by atoms with Crippen molar-refractivity contribution in [2.45, 2.75) is 20.0 Å². The molecule has 7 nitrogen and oxygen atoms in total. The van der Waals surface area contributed by atoms with Gasteiger partial charge in [0.25, 0.3) is 0 Å². The van der Waals surface area contributed by atoms with Crippen molar-refractivity contribution in [1.82, 2.24) is 20.1 Å². The number of anilines is 1. The topological polar surface area (TPSA) is 95.6 Å². The first kappa shape index (κ1) is 14.5. The molecule has 2 aromatic rings. The Hall–Kier alpha value is -2.95. The Labute approximate surface area is 120 Å². The Kier molecular flexibility index (Phi) is 4.46. The SMILES string of the molecule is CCn1cnnc1CNC(=O)Nc1ccc(F)cc1C#N. The highest BCUT2D eigenvalue weighted by Crippen LogP contribution is 2.15. The van der Waals surface area contributed by atoms with Gasteiger partial charge in [-0.25, -0.2) is 9.18 Å². The fraction of sp³-hybridized carbons (Fsp3) is 0.231. The van der Waals surface area contributed by atoms with Crippen LogP contribution in [0.2, 0.25) is 0 Å². The van der Waals surface area contributed by atoms with E-state index >= 15 is 0 Å². The normalized spacial score (nSPS) is 9.95. The maximum absolute atomic E-state index is 13.0. The average Bonchev–Trinajstić information content (AvgIpc) is 2.94. The molecule has 1 aromatic carbocycles. The average molecular weight is 288 g/mol. The molecule has 0 saturated carbocycles. The smallest absolute Gasteiger partial charge is 0.319 e. The number of rotatable bonds is 4. The van der Waals surface area contributed by atoms with E-state index in [0.717, 1.165) is 6.07 Å². The molecule has 0 aliphatic carbocycles. The molecular formula is C13H13FN6O. The first-order valence-electron chi connectivity index (χ1n) is 6.25. The molecule has 2 N–H and O–H groups in total. The second-order valence-corrected chi connectivity index (χ2v) is 4.14. The fourth-order valence-electron chi connectivity index (χ4n) is 1.72. The van der Waals surface area contributed by atoms with E-state index in [4.69, 9.17) is 5.26 Å². The zero-order valence-electron chi connectivity index (χ0n) is 11.3. The molecule has 108 valence electrons. The van der Waals surface area contributed by atoms with E-state index in [1.807, 2.05) is 13.0 Å². The molecule has 0 aliphatic rings. The molecule has 8 heteroatoms. The van der Waals surface area contributed by atoms with E-state index in [-0.39, 0.29) is 17.8 Å². The number of aromatic nitrogens is 3. The van der Waals surface area contributed by atoms with Gasteiger partial charge >= 0.3 is 6.03 Å². The third kappa shape index (κ3) is 3.54. The standard InChI is InChI=1S/C13H13FN6O/c1-2-20-8-17-19-12(20)7-16-13(21)18-11-4-3-10(14)5-9(11)6-15/h3-5,8H,2,7H2,1H3,(H2,16,18,21). The summed E-state index contributed by atoms with van der Waals surface area (Å²) in [5.41, 5.74) is 0.301.